The summed E-state index contributed by atoms with van der Waals surface area (Å²) < 4.78 is 19.4. The van der Waals surface area contributed by atoms with Gasteiger partial charge in [-0.1, -0.05) is 0 Å². The Morgan fingerprint density at radius 2 is 2.20 bits per heavy atom. The van der Waals surface area contributed by atoms with Gasteiger partial charge in [-0.2, -0.15) is 0 Å². The van der Waals surface area contributed by atoms with Gasteiger partial charge in [0.25, 0.3) is 0 Å². The Balaban J connectivity index is 3.62. The molecule has 0 radical (unpaired) electrons. The highest BCUT2D eigenvalue weighted by molar-refractivity contribution is 4.22. The Morgan fingerprint density at radius 3 is 2.20 bits per heavy atom. The molecule has 0 fully saturated rings. The molecule has 0 saturated heterocycles. The van der Waals surface area contributed by atoms with Crippen molar-refractivity contribution in [2.75, 3.05) is 13.2 Å². The second-order valence-corrected chi connectivity index (χ2v) is 0.516. The van der Waals surface area contributed by atoms with Gasteiger partial charge in [-0.25, -0.2) is 0 Å². The summed E-state index contributed by atoms with van der Waals surface area (Å²) in [5.74, 6) is 0. The molecule has 2 heteroatoms. The van der Waals surface area contributed by atoms with Crippen molar-refractivity contribution in [2.24, 2.45) is 0 Å². The molecule has 0 heterocycles. The monoisotopic (exact) mass is 79.1 g/mol. The lowest BCUT2D eigenvalue weighted by Crippen LogP contribution is -1.85. The van der Waals surface area contributed by atoms with Crippen LogP contribution in [-0.4, -0.2) is 23.4 Å². The Labute approximate surface area is 35.3 Å². The second kappa shape index (κ2) is 3.92. The molecule has 1 unspecified atom stereocenters. The minimum atomic E-state index is -2.57. The fourth-order valence-electron chi connectivity index (χ4n) is 0.0408. The van der Waals surface area contributed by atoms with E-state index in [0.717, 1.165) is 0 Å². The highest BCUT2D eigenvalue weighted by atomic mass is 16.3. The number of aliphatic hydroxyl groups excluding tert-OH is 1. The molecule has 1 atom stereocenters. The molecule has 0 aromatic carbocycles. The number of hydrogen-bond acceptors (Lipinski definition) is 2. The third-order valence-corrected chi connectivity index (χ3v) is 0.183. The first-order valence-electron chi connectivity index (χ1n) is 2.81. The van der Waals surface area contributed by atoms with E-state index in [1.165, 1.54) is 0 Å². The molecular formula is C3H8O2. The molecule has 2 N–H and O–H groups in total. The molecule has 0 aliphatic carbocycles. The smallest absolute Gasteiger partial charge is 0.0565 e. The third kappa shape index (κ3) is 3.92. The molecule has 0 saturated carbocycles. The SMILES string of the molecule is [2H]C(CO)C([2H])([2H])O. The summed E-state index contributed by atoms with van der Waals surface area (Å²) in [6.07, 6.45) is -1.46. The van der Waals surface area contributed by atoms with Gasteiger partial charge >= 0.3 is 0 Å². The molecule has 0 rings (SSSR count). The van der Waals surface area contributed by atoms with E-state index in [1.54, 1.807) is 0 Å². The van der Waals surface area contributed by atoms with Gasteiger partial charge in [-0.05, 0) is 6.40 Å². The van der Waals surface area contributed by atoms with Crippen LogP contribution in [0.15, 0.2) is 0 Å². The summed E-state index contributed by atoms with van der Waals surface area (Å²) in [4.78, 5) is 0. The maximum Gasteiger partial charge on any atom is 0.0565 e. The van der Waals surface area contributed by atoms with Gasteiger partial charge in [0.05, 0.1) is 2.74 Å². The van der Waals surface area contributed by atoms with E-state index in [2.05, 4.69) is 0 Å². The first-order valence-corrected chi connectivity index (χ1v) is 1.24. The summed E-state index contributed by atoms with van der Waals surface area (Å²) in [6.45, 7) is -3.24. The van der Waals surface area contributed by atoms with Crippen LogP contribution in [0.2, 0.25) is 0 Å². The van der Waals surface area contributed by atoms with Crippen LogP contribution in [-0.2, 0) is 0 Å². The van der Waals surface area contributed by atoms with Crippen molar-refractivity contribution in [1.29, 1.82) is 0 Å². The van der Waals surface area contributed by atoms with Crippen molar-refractivity contribution in [2.45, 2.75) is 6.40 Å². The molecule has 0 bridgehead atoms. The zero-order chi connectivity index (χ0) is 6.78. The summed E-state index contributed by atoms with van der Waals surface area (Å²) >= 11 is 0. The minimum Gasteiger partial charge on any atom is -0.396 e. The fraction of sp³-hybridized carbons (Fsp3) is 1.00. The molecule has 0 aliphatic heterocycles. The van der Waals surface area contributed by atoms with Gasteiger partial charge in [-0.3, -0.25) is 0 Å². The number of hydrogen-bond donors (Lipinski definition) is 2. The lowest BCUT2D eigenvalue weighted by molar-refractivity contribution is 0.221. The molecule has 2 nitrogen and oxygen atoms in total. The molecule has 0 spiro atoms. The van der Waals surface area contributed by atoms with Crippen LogP contribution in [0.25, 0.3) is 0 Å². The van der Waals surface area contributed by atoms with Crippen molar-refractivity contribution in [3.8, 4) is 0 Å². The Bertz CT molecular complexity index is 69.4. The zero-order valence-corrected chi connectivity index (χ0v) is 2.68. The molecule has 0 amide bonds. The van der Waals surface area contributed by atoms with E-state index < -0.39 is 19.6 Å². The van der Waals surface area contributed by atoms with Gasteiger partial charge in [0, 0.05) is 14.5 Å². The van der Waals surface area contributed by atoms with E-state index in [9.17, 15) is 0 Å². The van der Waals surface area contributed by atoms with E-state index in [0.29, 0.717) is 0 Å². The molecule has 32 valence electrons. The second-order valence-electron chi connectivity index (χ2n) is 0.516. The minimum absolute atomic E-state index is 0.663. The van der Waals surface area contributed by atoms with Gasteiger partial charge in [0.2, 0.25) is 0 Å². The molecule has 0 aromatic rings. The highest BCUT2D eigenvalue weighted by Crippen LogP contribution is 1.65. The van der Waals surface area contributed by atoms with Crippen LogP contribution < -0.4 is 0 Å². The van der Waals surface area contributed by atoms with Crippen LogP contribution in [0.4, 0.5) is 0 Å². The molecule has 5 heavy (non-hydrogen) atoms. The van der Waals surface area contributed by atoms with Crippen LogP contribution in [0.3, 0.4) is 0 Å². The Morgan fingerprint density at radius 1 is 1.60 bits per heavy atom. The molecular weight excluding hydrogens is 68.0 g/mol. The lowest BCUT2D eigenvalue weighted by Gasteiger charge is -1.79. The molecule has 0 aromatic heterocycles. The fourth-order valence-corrected chi connectivity index (χ4v) is 0.0408. The number of rotatable bonds is 2. The van der Waals surface area contributed by atoms with Gasteiger partial charge < -0.3 is 10.2 Å². The Hall–Kier alpha value is -0.0800. The maximum atomic E-state index is 8.27. The normalized spacial score (nSPS) is 26.4. The summed E-state index contributed by atoms with van der Waals surface area (Å²) in [5, 5.41) is 16.4. The summed E-state index contributed by atoms with van der Waals surface area (Å²) in [5.41, 5.74) is 0. The van der Waals surface area contributed by atoms with Crippen LogP contribution in [0, 0.1) is 0 Å². The summed E-state index contributed by atoms with van der Waals surface area (Å²) in [6, 6.07) is 0. The van der Waals surface area contributed by atoms with Crippen molar-refractivity contribution < 1.29 is 14.3 Å². The van der Waals surface area contributed by atoms with Gasteiger partial charge in [-0.15, -0.1) is 0 Å². The predicted molar refractivity (Wildman–Crippen MR) is 18.8 cm³/mol. The highest BCUT2D eigenvalue weighted by Gasteiger charge is 1.70. The lowest BCUT2D eigenvalue weighted by atomic mass is 10.5. The van der Waals surface area contributed by atoms with E-state index in [4.69, 9.17) is 14.3 Å². The van der Waals surface area contributed by atoms with Crippen LogP contribution in [0.5, 0.6) is 0 Å². The van der Waals surface area contributed by atoms with E-state index in [-0.39, 0.29) is 0 Å². The van der Waals surface area contributed by atoms with Crippen molar-refractivity contribution in [1.82, 2.24) is 0 Å². The van der Waals surface area contributed by atoms with Gasteiger partial charge in [0.1, 0.15) is 0 Å². The third-order valence-electron chi connectivity index (χ3n) is 0.183. The van der Waals surface area contributed by atoms with E-state index >= 15 is 0 Å². The first-order chi connectivity index (χ1) is 3.48. The predicted octanol–water partition coefficient (Wildman–Crippen LogP) is -0.639. The average molecular weight is 79.1 g/mol. The average Bonchev–Trinajstić information content (AvgIpc) is 1.62. The van der Waals surface area contributed by atoms with Crippen molar-refractivity contribution in [3.05, 3.63) is 0 Å². The molecule has 0 aliphatic rings. The zero-order valence-electron chi connectivity index (χ0n) is 5.68. The van der Waals surface area contributed by atoms with E-state index in [1.807, 2.05) is 0 Å². The summed E-state index contributed by atoms with van der Waals surface area (Å²) in [7, 11) is 0. The Kier molecular flexibility index (Phi) is 1.24. The maximum absolute atomic E-state index is 8.27. The number of aliphatic hydroxyl groups is 2. The first kappa shape index (κ1) is 1.58. The quantitative estimate of drug-likeness (QED) is 0.462. The van der Waals surface area contributed by atoms with Gasteiger partial charge in [0.15, 0.2) is 0 Å². The van der Waals surface area contributed by atoms with Crippen LogP contribution in [0.1, 0.15) is 10.5 Å². The van der Waals surface area contributed by atoms with Crippen molar-refractivity contribution >= 4 is 0 Å². The van der Waals surface area contributed by atoms with Crippen LogP contribution >= 0.6 is 0 Å². The largest absolute Gasteiger partial charge is 0.396 e. The topological polar surface area (TPSA) is 40.5 Å². The standard InChI is InChI=1S/C3H8O2/c4-2-1-3-5/h4-5H,1-3H2/i1D,2D2. The van der Waals surface area contributed by atoms with Crippen molar-refractivity contribution in [3.63, 3.8) is 0 Å².